The molecule has 2 aromatic rings. The highest BCUT2D eigenvalue weighted by molar-refractivity contribution is 9.09. The summed E-state index contributed by atoms with van der Waals surface area (Å²) in [5.41, 5.74) is 0.869. The first-order valence-corrected chi connectivity index (χ1v) is 8.64. The van der Waals surface area contributed by atoms with E-state index in [4.69, 9.17) is 0 Å². The van der Waals surface area contributed by atoms with Crippen molar-refractivity contribution in [3.63, 3.8) is 0 Å². The van der Waals surface area contributed by atoms with Gasteiger partial charge in [-0.2, -0.15) is 0 Å². The summed E-state index contributed by atoms with van der Waals surface area (Å²) in [4.78, 5) is 14.8. The first kappa shape index (κ1) is 13.1. The minimum absolute atomic E-state index is 0.196. The van der Waals surface area contributed by atoms with E-state index in [0.717, 1.165) is 35.7 Å². The minimum atomic E-state index is 0.196. The Balaban J connectivity index is 1.92. The van der Waals surface area contributed by atoms with Gasteiger partial charge in [0.2, 0.25) is 0 Å². The van der Waals surface area contributed by atoms with Crippen LogP contribution in [0.25, 0.3) is 10.1 Å². The van der Waals surface area contributed by atoms with Crippen LogP contribution in [0.4, 0.5) is 0 Å². The Labute approximate surface area is 125 Å². The Morgan fingerprint density at radius 1 is 1.37 bits per heavy atom. The molecular weight excluding hydrogens is 322 g/mol. The molecule has 0 radical (unpaired) electrons. The lowest BCUT2D eigenvalue weighted by molar-refractivity contribution is 0.0602. The molecule has 1 saturated carbocycles. The molecule has 0 atom stereocenters. The van der Waals surface area contributed by atoms with Gasteiger partial charge < -0.3 is 4.90 Å². The number of nitrogens with zero attached hydrogens (tertiary/aromatic N) is 1. The number of rotatable bonds is 4. The quantitative estimate of drug-likeness (QED) is 0.762. The summed E-state index contributed by atoms with van der Waals surface area (Å²) in [6.07, 6.45) is 3.56. The van der Waals surface area contributed by atoms with Gasteiger partial charge in [-0.05, 0) is 25.3 Å². The largest absolute Gasteiger partial charge is 0.335 e. The molecule has 1 aliphatic rings. The predicted molar refractivity (Wildman–Crippen MR) is 84.3 cm³/mol. The second kappa shape index (κ2) is 5.63. The molecule has 3 rings (SSSR count). The smallest absolute Gasteiger partial charge is 0.255 e. The van der Waals surface area contributed by atoms with Gasteiger partial charge in [0.05, 0.1) is 5.56 Å². The zero-order chi connectivity index (χ0) is 13.2. The highest BCUT2D eigenvalue weighted by atomic mass is 79.9. The van der Waals surface area contributed by atoms with Crippen molar-refractivity contribution in [2.75, 3.05) is 11.9 Å². The van der Waals surface area contributed by atoms with Crippen LogP contribution < -0.4 is 0 Å². The Morgan fingerprint density at radius 3 is 2.84 bits per heavy atom. The third kappa shape index (κ3) is 2.43. The van der Waals surface area contributed by atoms with Gasteiger partial charge in [-0.1, -0.05) is 34.1 Å². The topological polar surface area (TPSA) is 20.3 Å². The molecule has 0 saturated heterocycles. The molecule has 1 aliphatic carbocycles. The van der Waals surface area contributed by atoms with E-state index in [1.807, 2.05) is 28.5 Å². The standard InChI is InChI=1S/C15H16BrNOS/c16-8-9-17(11-4-3-5-11)15(18)13-10-19-14-7-2-1-6-12(13)14/h1-2,6-7,10-11H,3-5,8-9H2. The fraction of sp³-hybridized carbons (Fsp3) is 0.400. The van der Waals surface area contributed by atoms with Gasteiger partial charge in [-0.15, -0.1) is 11.3 Å². The average Bonchev–Trinajstić information content (AvgIpc) is 2.79. The Hall–Kier alpha value is -0.870. The first-order valence-electron chi connectivity index (χ1n) is 6.64. The van der Waals surface area contributed by atoms with E-state index in [2.05, 4.69) is 22.0 Å². The van der Waals surface area contributed by atoms with Gasteiger partial charge in [0, 0.05) is 33.4 Å². The lowest BCUT2D eigenvalue weighted by Gasteiger charge is -2.37. The molecule has 1 heterocycles. The molecular formula is C15H16BrNOS. The van der Waals surface area contributed by atoms with Gasteiger partial charge in [0.15, 0.2) is 0 Å². The average molecular weight is 338 g/mol. The number of thiophene rings is 1. The molecule has 0 bridgehead atoms. The summed E-state index contributed by atoms with van der Waals surface area (Å²) in [7, 11) is 0. The van der Waals surface area contributed by atoms with E-state index < -0.39 is 0 Å². The SMILES string of the molecule is O=C(c1csc2ccccc12)N(CCBr)C1CCC1. The van der Waals surface area contributed by atoms with Gasteiger partial charge >= 0.3 is 0 Å². The van der Waals surface area contributed by atoms with Crippen molar-refractivity contribution >= 4 is 43.3 Å². The van der Waals surface area contributed by atoms with Gasteiger partial charge in [-0.3, -0.25) is 4.79 Å². The van der Waals surface area contributed by atoms with E-state index in [0.29, 0.717) is 6.04 Å². The molecule has 1 amide bonds. The molecule has 0 N–H and O–H groups in total. The molecule has 1 fully saturated rings. The normalized spacial score (nSPS) is 15.4. The van der Waals surface area contributed by atoms with Crippen LogP contribution in [0.1, 0.15) is 29.6 Å². The number of amides is 1. The fourth-order valence-electron chi connectivity index (χ4n) is 2.54. The number of fused-ring (bicyclic) bond motifs is 1. The molecule has 0 spiro atoms. The summed E-state index contributed by atoms with van der Waals surface area (Å²) >= 11 is 5.12. The number of benzene rings is 1. The van der Waals surface area contributed by atoms with Crippen LogP contribution in [-0.4, -0.2) is 28.7 Å². The second-order valence-corrected chi connectivity index (χ2v) is 6.62. The summed E-state index contributed by atoms with van der Waals surface area (Å²) in [5, 5.41) is 3.95. The van der Waals surface area contributed by atoms with Crippen LogP contribution in [0, 0.1) is 0 Å². The monoisotopic (exact) mass is 337 g/mol. The van der Waals surface area contributed by atoms with Crippen LogP contribution in [0.3, 0.4) is 0 Å². The molecule has 0 aliphatic heterocycles. The van der Waals surface area contributed by atoms with Crippen LogP contribution in [-0.2, 0) is 0 Å². The zero-order valence-corrected chi connectivity index (χ0v) is 13.0. The van der Waals surface area contributed by atoms with E-state index in [-0.39, 0.29) is 5.91 Å². The highest BCUT2D eigenvalue weighted by Gasteiger charge is 2.29. The van der Waals surface area contributed by atoms with Crippen molar-refractivity contribution in [2.45, 2.75) is 25.3 Å². The number of halogens is 1. The van der Waals surface area contributed by atoms with E-state index in [1.165, 1.54) is 11.1 Å². The molecule has 4 heteroatoms. The van der Waals surface area contributed by atoms with Crippen molar-refractivity contribution < 1.29 is 4.79 Å². The van der Waals surface area contributed by atoms with Gasteiger partial charge in [0.25, 0.3) is 5.91 Å². The van der Waals surface area contributed by atoms with Crippen molar-refractivity contribution in [2.24, 2.45) is 0 Å². The number of alkyl halides is 1. The number of carbonyl (C=O) groups is 1. The van der Waals surface area contributed by atoms with Crippen LogP contribution in [0.15, 0.2) is 29.6 Å². The molecule has 0 unspecified atom stereocenters. The number of hydrogen-bond acceptors (Lipinski definition) is 2. The van der Waals surface area contributed by atoms with Gasteiger partial charge in [-0.25, -0.2) is 0 Å². The summed E-state index contributed by atoms with van der Waals surface area (Å²) < 4.78 is 1.19. The minimum Gasteiger partial charge on any atom is -0.335 e. The first-order chi connectivity index (χ1) is 9.31. The molecule has 100 valence electrons. The van der Waals surface area contributed by atoms with Crippen molar-refractivity contribution in [1.29, 1.82) is 0 Å². The molecule has 1 aromatic carbocycles. The third-order valence-corrected chi connectivity index (χ3v) is 5.13. The molecule has 2 nitrogen and oxygen atoms in total. The Kier molecular flexibility index (Phi) is 3.89. The maximum absolute atomic E-state index is 12.8. The zero-order valence-electron chi connectivity index (χ0n) is 10.6. The van der Waals surface area contributed by atoms with Crippen molar-refractivity contribution in [3.05, 3.63) is 35.2 Å². The van der Waals surface area contributed by atoms with E-state index in [9.17, 15) is 4.79 Å². The van der Waals surface area contributed by atoms with Crippen molar-refractivity contribution in [3.8, 4) is 0 Å². The Morgan fingerprint density at radius 2 is 2.16 bits per heavy atom. The van der Waals surface area contributed by atoms with Crippen LogP contribution >= 0.6 is 27.3 Å². The third-order valence-electron chi connectivity index (χ3n) is 3.81. The summed E-state index contributed by atoms with van der Waals surface area (Å²) in [6, 6.07) is 8.60. The number of carbonyl (C=O) groups excluding carboxylic acids is 1. The fourth-order valence-corrected chi connectivity index (χ4v) is 3.85. The lowest BCUT2D eigenvalue weighted by Crippen LogP contribution is -2.45. The van der Waals surface area contributed by atoms with Crippen LogP contribution in [0.5, 0.6) is 0 Å². The maximum Gasteiger partial charge on any atom is 0.255 e. The van der Waals surface area contributed by atoms with Gasteiger partial charge in [0.1, 0.15) is 0 Å². The maximum atomic E-state index is 12.8. The summed E-state index contributed by atoms with van der Waals surface area (Å²) in [6.45, 7) is 0.799. The predicted octanol–water partition coefficient (Wildman–Crippen LogP) is 4.29. The Bertz CT molecular complexity index is 591. The molecule has 1 aromatic heterocycles. The summed E-state index contributed by atoms with van der Waals surface area (Å²) in [5.74, 6) is 0.196. The highest BCUT2D eigenvalue weighted by Crippen LogP contribution is 2.30. The lowest BCUT2D eigenvalue weighted by atomic mass is 9.91. The second-order valence-electron chi connectivity index (χ2n) is 4.92. The van der Waals surface area contributed by atoms with Crippen molar-refractivity contribution in [1.82, 2.24) is 4.90 Å². The molecule has 19 heavy (non-hydrogen) atoms. The van der Waals surface area contributed by atoms with E-state index >= 15 is 0 Å². The van der Waals surface area contributed by atoms with Crippen LogP contribution in [0.2, 0.25) is 0 Å². The number of hydrogen-bond donors (Lipinski definition) is 0. The van der Waals surface area contributed by atoms with E-state index in [1.54, 1.807) is 11.3 Å².